The molecule has 0 unspecified atom stereocenters. The van der Waals surface area contributed by atoms with Gasteiger partial charge >= 0.3 is 5.97 Å². The fourth-order valence-corrected chi connectivity index (χ4v) is 2.37. The van der Waals surface area contributed by atoms with Gasteiger partial charge in [-0.3, -0.25) is 4.79 Å². The Balaban J connectivity index is 2.28. The van der Waals surface area contributed by atoms with Crippen LogP contribution in [0.1, 0.15) is 5.69 Å². The van der Waals surface area contributed by atoms with Crippen molar-refractivity contribution in [2.24, 2.45) is 0 Å². The normalized spacial score (nSPS) is 10.8. The molecule has 2 aromatic heterocycles. The van der Waals surface area contributed by atoms with E-state index in [1.807, 2.05) is 30.3 Å². The summed E-state index contributed by atoms with van der Waals surface area (Å²) in [5.41, 5.74) is 2.88. The maximum Gasteiger partial charge on any atom is 0.309 e. The van der Waals surface area contributed by atoms with Crippen LogP contribution in [0.2, 0.25) is 5.02 Å². The van der Waals surface area contributed by atoms with Crippen molar-refractivity contribution >= 4 is 23.2 Å². The summed E-state index contributed by atoms with van der Waals surface area (Å²) in [6.07, 6.45) is 1.58. The van der Waals surface area contributed by atoms with E-state index in [-0.39, 0.29) is 6.42 Å². The zero-order chi connectivity index (χ0) is 14.1. The third-order valence-corrected chi connectivity index (χ3v) is 3.27. The predicted octanol–water partition coefficient (Wildman–Crippen LogP) is 3.28. The van der Waals surface area contributed by atoms with Gasteiger partial charge < -0.3 is 9.51 Å². The minimum atomic E-state index is -0.899. The lowest BCUT2D eigenvalue weighted by molar-refractivity contribution is -0.136. The number of carboxylic acid groups (broad SMARTS) is 1. The highest BCUT2D eigenvalue weighted by atomic mass is 35.5. The van der Waals surface area contributed by atoms with Gasteiger partial charge in [0.1, 0.15) is 5.65 Å². The molecule has 4 nitrogen and oxygen atoms in total. The van der Waals surface area contributed by atoms with Gasteiger partial charge in [0, 0.05) is 11.8 Å². The molecule has 0 atom stereocenters. The molecular weight excluding hydrogens is 276 g/mol. The van der Waals surface area contributed by atoms with E-state index in [4.69, 9.17) is 16.7 Å². The van der Waals surface area contributed by atoms with E-state index in [2.05, 4.69) is 4.98 Å². The lowest BCUT2D eigenvalue weighted by atomic mass is 10.1. The number of halogens is 1. The van der Waals surface area contributed by atoms with Crippen LogP contribution >= 0.6 is 11.6 Å². The first-order chi connectivity index (χ1) is 9.65. The number of hydrogen-bond donors (Lipinski definition) is 1. The van der Waals surface area contributed by atoms with Gasteiger partial charge in [-0.05, 0) is 12.1 Å². The van der Waals surface area contributed by atoms with Gasteiger partial charge in [-0.2, -0.15) is 0 Å². The Labute approximate surface area is 120 Å². The average molecular weight is 287 g/mol. The van der Waals surface area contributed by atoms with E-state index in [0.29, 0.717) is 22.1 Å². The third kappa shape index (κ3) is 2.26. The highest BCUT2D eigenvalue weighted by Crippen LogP contribution is 2.26. The van der Waals surface area contributed by atoms with Gasteiger partial charge in [-0.25, -0.2) is 4.98 Å². The topological polar surface area (TPSA) is 54.6 Å². The Morgan fingerprint density at radius 2 is 1.95 bits per heavy atom. The maximum absolute atomic E-state index is 11.1. The fourth-order valence-electron chi connectivity index (χ4n) is 2.21. The first-order valence-corrected chi connectivity index (χ1v) is 6.46. The minimum Gasteiger partial charge on any atom is -0.481 e. The number of pyridine rings is 1. The predicted molar refractivity (Wildman–Crippen MR) is 77.0 cm³/mol. The van der Waals surface area contributed by atoms with E-state index in [9.17, 15) is 4.79 Å². The van der Waals surface area contributed by atoms with Gasteiger partial charge in [-0.1, -0.05) is 41.9 Å². The molecule has 1 N–H and O–H groups in total. The molecule has 5 heteroatoms. The van der Waals surface area contributed by atoms with Crippen molar-refractivity contribution in [2.45, 2.75) is 6.42 Å². The van der Waals surface area contributed by atoms with E-state index in [1.165, 1.54) is 0 Å². The number of benzene rings is 1. The Morgan fingerprint density at radius 1 is 1.20 bits per heavy atom. The molecule has 0 bridgehead atoms. The van der Waals surface area contributed by atoms with Crippen molar-refractivity contribution in [2.75, 3.05) is 0 Å². The number of carbonyl (C=O) groups is 1. The Bertz CT molecular complexity index is 781. The van der Waals surface area contributed by atoms with E-state index in [0.717, 1.165) is 5.56 Å². The van der Waals surface area contributed by atoms with Gasteiger partial charge in [0.25, 0.3) is 0 Å². The van der Waals surface area contributed by atoms with Crippen molar-refractivity contribution in [1.29, 1.82) is 0 Å². The molecule has 2 heterocycles. The van der Waals surface area contributed by atoms with Crippen LogP contribution in [0.4, 0.5) is 0 Å². The molecule has 0 saturated carbocycles. The molecule has 100 valence electrons. The second-order valence-corrected chi connectivity index (χ2v) is 4.86. The number of rotatable bonds is 3. The Hall–Kier alpha value is -2.33. The lowest BCUT2D eigenvalue weighted by Gasteiger charge is -2.03. The van der Waals surface area contributed by atoms with Crippen LogP contribution in [-0.4, -0.2) is 20.5 Å². The lowest BCUT2D eigenvalue weighted by Crippen LogP contribution is -2.04. The number of imidazole rings is 1. The number of hydrogen-bond acceptors (Lipinski definition) is 2. The van der Waals surface area contributed by atoms with Crippen molar-refractivity contribution in [3.05, 3.63) is 59.4 Å². The molecule has 3 rings (SSSR count). The molecule has 0 aliphatic heterocycles. The van der Waals surface area contributed by atoms with E-state index < -0.39 is 5.97 Å². The van der Waals surface area contributed by atoms with E-state index in [1.54, 1.807) is 22.7 Å². The first kappa shape index (κ1) is 12.7. The molecule has 0 aliphatic carbocycles. The van der Waals surface area contributed by atoms with Gasteiger partial charge in [0.2, 0.25) is 0 Å². The second-order valence-electron chi connectivity index (χ2n) is 4.42. The molecule has 0 amide bonds. The molecule has 0 saturated heterocycles. The van der Waals surface area contributed by atoms with Crippen LogP contribution in [0.3, 0.4) is 0 Å². The van der Waals surface area contributed by atoms with Crippen LogP contribution in [-0.2, 0) is 11.2 Å². The van der Waals surface area contributed by atoms with Crippen LogP contribution in [0.25, 0.3) is 16.9 Å². The van der Waals surface area contributed by atoms with Crippen molar-refractivity contribution < 1.29 is 9.90 Å². The number of nitrogens with zero attached hydrogens (tertiary/aromatic N) is 2. The summed E-state index contributed by atoms with van der Waals surface area (Å²) in [7, 11) is 0. The Kier molecular flexibility index (Phi) is 3.16. The molecule has 3 aromatic rings. The summed E-state index contributed by atoms with van der Waals surface area (Å²) >= 11 is 5.99. The molecule has 1 aromatic carbocycles. The smallest absolute Gasteiger partial charge is 0.309 e. The molecule has 0 aliphatic rings. The SMILES string of the molecule is O=C(O)Cc1c(-c2ccccc2)nc2ccc(Cl)cn12. The van der Waals surface area contributed by atoms with Crippen molar-refractivity contribution in [3.8, 4) is 11.3 Å². The highest BCUT2D eigenvalue weighted by molar-refractivity contribution is 6.30. The largest absolute Gasteiger partial charge is 0.481 e. The molecule has 20 heavy (non-hydrogen) atoms. The zero-order valence-electron chi connectivity index (χ0n) is 10.5. The minimum absolute atomic E-state index is 0.105. The van der Waals surface area contributed by atoms with Crippen molar-refractivity contribution in [3.63, 3.8) is 0 Å². The highest BCUT2D eigenvalue weighted by Gasteiger charge is 2.16. The quantitative estimate of drug-likeness (QED) is 0.804. The summed E-state index contributed by atoms with van der Waals surface area (Å²) in [6, 6.07) is 13.0. The Morgan fingerprint density at radius 3 is 2.65 bits per heavy atom. The summed E-state index contributed by atoms with van der Waals surface area (Å²) < 4.78 is 1.73. The molecular formula is C15H11ClN2O2. The monoisotopic (exact) mass is 286 g/mol. The first-order valence-electron chi connectivity index (χ1n) is 6.09. The summed E-state index contributed by atoms with van der Waals surface area (Å²) in [5.74, 6) is -0.899. The third-order valence-electron chi connectivity index (χ3n) is 3.05. The van der Waals surface area contributed by atoms with Crippen LogP contribution in [0.15, 0.2) is 48.7 Å². The molecule has 0 radical (unpaired) electrons. The van der Waals surface area contributed by atoms with Gasteiger partial charge in [0.05, 0.1) is 22.8 Å². The zero-order valence-corrected chi connectivity index (χ0v) is 11.2. The maximum atomic E-state index is 11.1. The van der Waals surface area contributed by atoms with Gasteiger partial charge in [0.15, 0.2) is 0 Å². The van der Waals surface area contributed by atoms with Crippen molar-refractivity contribution in [1.82, 2.24) is 9.38 Å². The molecule has 0 fully saturated rings. The molecule has 0 spiro atoms. The number of carboxylic acids is 1. The van der Waals surface area contributed by atoms with E-state index >= 15 is 0 Å². The van der Waals surface area contributed by atoms with Crippen LogP contribution in [0, 0.1) is 0 Å². The summed E-state index contributed by atoms with van der Waals surface area (Å²) in [5, 5.41) is 9.65. The van der Waals surface area contributed by atoms with Gasteiger partial charge in [-0.15, -0.1) is 0 Å². The van der Waals surface area contributed by atoms with Crippen LogP contribution < -0.4 is 0 Å². The number of fused-ring (bicyclic) bond motifs is 1. The van der Waals surface area contributed by atoms with Crippen LogP contribution in [0.5, 0.6) is 0 Å². The number of aliphatic carboxylic acids is 1. The second kappa shape index (κ2) is 4.98. The standard InChI is InChI=1S/C15H11ClN2O2/c16-11-6-7-13-17-15(10-4-2-1-3-5-10)12(8-14(19)20)18(13)9-11/h1-7,9H,8H2,(H,19,20). The number of aromatic nitrogens is 2. The summed E-state index contributed by atoms with van der Waals surface area (Å²) in [6.45, 7) is 0. The average Bonchev–Trinajstić information content (AvgIpc) is 2.77. The fraction of sp³-hybridized carbons (Fsp3) is 0.0667. The summed E-state index contributed by atoms with van der Waals surface area (Å²) in [4.78, 5) is 15.6.